The molecule has 0 saturated carbocycles. The molecule has 1 fully saturated rings. The highest BCUT2D eigenvalue weighted by atomic mass is 16.5. The van der Waals surface area contributed by atoms with E-state index in [9.17, 15) is 9.59 Å². The van der Waals surface area contributed by atoms with Gasteiger partial charge in [-0.2, -0.15) is 0 Å². The molecule has 3 amide bonds. The lowest BCUT2D eigenvalue weighted by Crippen LogP contribution is -2.48. The fourth-order valence-electron chi connectivity index (χ4n) is 5.44. The van der Waals surface area contributed by atoms with Crippen molar-refractivity contribution >= 4 is 11.9 Å². The summed E-state index contributed by atoms with van der Waals surface area (Å²) >= 11 is 0. The molecule has 2 unspecified atom stereocenters. The Morgan fingerprint density at radius 3 is 2.27 bits per heavy atom. The van der Waals surface area contributed by atoms with E-state index in [1.54, 1.807) is 14.2 Å². The summed E-state index contributed by atoms with van der Waals surface area (Å²) in [6.07, 6.45) is 2.02. The average molecular weight is 500 g/mol. The van der Waals surface area contributed by atoms with E-state index in [0.717, 1.165) is 23.1 Å². The highest BCUT2D eigenvalue weighted by molar-refractivity contribution is 6.06. The van der Waals surface area contributed by atoms with Gasteiger partial charge in [-0.05, 0) is 60.6 Å². The van der Waals surface area contributed by atoms with Crippen LogP contribution in [0.1, 0.15) is 41.6 Å². The number of ether oxygens (including phenoxy) is 2. The van der Waals surface area contributed by atoms with Crippen molar-refractivity contribution in [3.05, 3.63) is 95.1 Å². The minimum absolute atomic E-state index is 0.137. The third-order valence-electron chi connectivity index (χ3n) is 7.51. The van der Waals surface area contributed by atoms with Crippen LogP contribution in [0.5, 0.6) is 11.5 Å². The van der Waals surface area contributed by atoms with Crippen LogP contribution in [0.25, 0.3) is 0 Å². The maximum Gasteiger partial charge on any atom is 0.326 e. The van der Waals surface area contributed by atoms with Gasteiger partial charge in [0.25, 0.3) is 5.91 Å². The van der Waals surface area contributed by atoms with Crippen molar-refractivity contribution in [2.75, 3.05) is 27.4 Å². The Labute approximate surface area is 218 Å². The summed E-state index contributed by atoms with van der Waals surface area (Å²) in [6, 6.07) is 23.8. The molecule has 2 heterocycles. The summed E-state index contributed by atoms with van der Waals surface area (Å²) < 4.78 is 11.1. The number of nitrogens with zero attached hydrogens (tertiary/aromatic N) is 2. The van der Waals surface area contributed by atoms with Gasteiger partial charge >= 0.3 is 6.03 Å². The fraction of sp³-hybridized carbons (Fsp3) is 0.333. The van der Waals surface area contributed by atoms with E-state index in [2.05, 4.69) is 22.3 Å². The number of urea groups is 1. The predicted molar refractivity (Wildman–Crippen MR) is 142 cm³/mol. The van der Waals surface area contributed by atoms with Gasteiger partial charge in [-0.1, -0.05) is 60.7 Å². The Bertz CT molecular complexity index is 1280. The van der Waals surface area contributed by atoms with Crippen LogP contribution in [0.3, 0.4) is 0 Å². The number of amides is 3. The summed E-state index contributed by atoms with van der Waals surface area (Å²) in [6.45, 7) is 2.73. The molecular weight excluding hydrogens is 466 g/mol. The number of hydrogen-bond donors (Lipinski definition) is 1. The maximum absolute atomic E-state index is 13.6. The molecule has 2 atom stereocenters. The Kier molecular flexibility index (Phi) is 6.89. The van der Waals surface area contributed by atoms with Crippen molar-refractivity contribution in [1.29, 1.82) is 0 Å². The smallest absolute Gasteiger partial charge is 0.326 e. The monoisotopic (exact) mass is 499 g/mol. The molecule has 2 aliphatic rings. The van der Waals surface area contributed by atoms with Crippen LogP contribution >= 0.6 is 0 Å². The number of hydrogen-bond acceptors (Lipinski definition) is 5. The number of imide groups is 1. The second-order valence-corrected chi connectivity index (χ2v) is 9.90. The van der Waals surface area contributed by atoms with E-state index in [1.165, 1.54) is 10.5 Å². The first-order valence-electron chi connectivity index (χ1n) is 12.7. The van der Waals surface area contributed by atoms with E-state index in [0.29, 0.717) is 30.9 Å². The lowest BCUT2D eigenvalue weighted by atomic mass is 9.88. The molecule has 5 rings (SSSR count). The molecule has 2 aliphatic heterocycles. The van der Waals surface area contributed by atoms with Gasteiger partial charge in [0.1, 0.15) is 5.54 Å². The minimum Gasteiger partial charge on any atom is -0.493 e. The van der Waals surface area contributed by atoms with Crippen LogP contribution in [-0.2, 0) is 17.6 Å². The maximum atomic E-state index is 13.6. The Hall–Kier alpha value is -3.84. The van der Waals surface area contributed by atoms with E-state index in [-0.39, 0.29) is 24.6 Å². The van der Waals surface area contributed by atoms with Crippen molar-refractivity contribution in [2.24, 2.45) is 0 Å². The van der Waals surface area contributed by atoms with E-state index >= 15 is 0 Å². The van der Waals surface area contributed by atoms with E-state index in [4.69, 9.17) is 9.47 Å². The molecule has 1 N–H and O–H groups in total. The van der Waals surface area contributed by atoms with Crippen molar-refractivity contribution in [1.82, 2.24) is 15.1 Å². The number of carbonyl (C=O) groups is 2. The third-order valence-corrected chi connectivity index (χ3v) is 7.51. The average Bonchev–Trinajstić information content (AvgIpc) is 3.15. The first kappa shape index (κ1) is 24.8. The van der Waals surface area contributed by atoms with Gasteiger partial charge in [-0.15, -0.1) is 0 Å². The van der Waals surface area contributed by atoms with Gasteiger partial charge in [0, 0.05) is 6.54 Å². The Balaban J connectivity index is 1.42. The summed E-state index contributed by atoms with van der Waals surface area (Å²) in [4.78, 5) is 30.2. The number of benzene rings is 3. The van der Waals surface area contributed by atoms with Gasteiger partial charge in [0.2, 0.25) is 0 Å². The molecular formula is C30H33N3O4. The number of fused-ring (bicyclic) bond motifs is 1. The number of methoxy groups -OCH3 is 2. The van der Waals surface area contributed by atoms with E-state index < -0.39 is 5.54 Å². The van der Waals surface area contributed by atoms with Crippen molar-refractivity contribution in [2.45, 2.75) is 37.8 Å². The molecule has 7 heteroatoms. The number of aryl methyl sites for hydroxylation is 1. The highest BCUT2D eigenvalue weighted by Gasteiger charge is 2.48. The molecule has 3 aromatic rings. The molecule has 0 bridgehead atoms. The topological polar surface area (TPSA) is 71.1 Å². The number of carbonyl (C=O) groups excluding carboxylic acids is 2. The zero-order chi connectivity index (χ0) is 26.0. The van der Waals surface area contributed by atoms with Crippen LogP contribution < -0.4 is 14.8 Å². The van der Waals surface area contributed by atoms with Crippen molar-refractivity contribution in [3.8, 4) is 11.5 Å². The van der Waals surface area contributed by atoms with Crippen LogP contribution in [0.4, 0.5) is 4.79 Å². The SMILES string of the molecule is COc1cc2c(cc1OC)C(c1ccccc1)N(CN1C(=O)NC(C)(CCc3ccccc3)C1=O)CC2. The Morgan fingerprint density at radius 1 is 0.946 bits per heavy atom. The molecule has 0 spiro atoms. The summed E-state index contributed by atoms with van der Waals surface area (Å²) in [5.41, 5.74) is 3.57. The van der Waals surface area contributed by atoms with Gasteiger partial charge in [-0.3, -0.25) is 9.69 Å². The van der Waals surface area contributed by atoms with Crippen molar-refractivity contribution in [3.63, 3.8) is 0 Å². The zero-order valence-electron chi connectivity index (χ0n) is 21.6. The first-order chi connectivity index (χ1) is 17.9. The van der Waals surface area contributed by atoms with Crippen LogP contribution in [-0.4, -0.2) is 54.7 Å². The second kappa shape index (κ2) is 10.3. The minimum atomic E-state index is -0.931. The molecule has 0 aliphatic carbocycles. The largest absolute Gasteiger partial charge is 0.493 e. The summed E-state index contributed by atoms with van der Waals surface area (Å²) in [7, 11) is 3.27. The van der Waals surface area contributed by atoms with Gasteiger partial charge in [0.05, 0.1) is 26.9 Å². The van der Waals surface area contributed by atoms with Crippen LogP contribution in [0, 0.1) is 0 Å². The van der Waals surface area contributed by atoms with Gasteiger partial charge in [-0.25, -0.2) is 9.69 Å². The zero-order valence-corrected chi connectivity index (χ0v) is 21.6. The quantitative estimate of drug-likeness (QED) is 0.461. The lowest BCUT2D eigenvalue weighted by molar-refractivity contribution is -0.132. The second-order valence-electron chi connectivity index (χ2n) is 9.90. The van der Waals surface area contributed by atoms with Crippen LogP contribution in [0.15, 0.2) is 72.8 Å². The number of rotatable bonds is 8. The fourth-order valence-corrected chi connectivity index (χ4v) is 5.44. The summed E-state index contributed by atoms with van der Waals surface area (Å²) in [5.74, 6) is 1.18. The van der Waals surface area contributed by atoms with Crippen LogP contribution in [0.2, 0.25) is 0 Å². The molecule has 192 valence electrons. The predicted octanol–water partition coefficient (Wildman–Crippen LogP) is 4.55. The van der Waals surface area contributed by atoms with Crippen molar-refractivity contribution < 1.29 is 19.1 Å². The molecule has 0 radical (unpaired) electrons. The molecule has 3 aromatic carbocycles. The molecule has 7 nitrogen and oxygen atoms in total. The van der Waals surface area contributed by atoms with Gasteiger partial charge in [0.15, 0.2) is 11.5 Å². The normalized spacial score (nSPS) is 21.5. The van der Waals surface area contributed by atoms with E-state index in [1.807, 2.05) is 67.6 Å². The molecule has 0 aromatic heterocycles. The highest BCUT2D eigenvalue weighted by Crippen LogP contribution is 2.41. The molecule has 37 heavy (non-hydrogen) atoms. The summed E-state index contributed by atoms with van der Waals surface area (Å²) in [5, 5.41) is 2.97. The molecule has 1 saturated heterocycles. The standard InChI is InChI=1S/C30H33N3O4/c1-30(16-14-21-10-6-4-7-11-21)28(34)33(29(35)31-30)20-32-17-15-23-18-25(36-2)26(37-3)19-24(23)27(32)22-12-8-5-9-13-22/h4-13,18-19,27H,14-17,20H2,1-3H3,(H,31,35). The van der Waals surface area contributed by atoms with Gasteiger partial charge < -0.3 is 14.8 Å². The lowest BCUT2D eigenvalue weighted by Gasteiger charge is -2.39. The first-order valence-corrected chi connectivity index (χ1v) is 12.7. The number of nitrogens with one attached hydrogen (secondary N) is 1. The Morgan fingerprint density at radius 2 is 1.59 bits per heavy atom. The third kappa shape index (κ3) is 4.79.